The van der Waals surface area contributed by atoms with Gasteiger partial charge in [0.1, 0.15) is 5.15 Å². The van der Waals surface area contributed by atoms with Gasteiger partial charge in [-0.25, -0.2) is 4.79 Å². The van der Waals surface area contributed by atoms with Crippen molar-refractivity contribution in [2.45, 2.75) is 26.4 Å². The first kappa shape index (κ1) is 18.7. The Hall–Kier alpha value is -3.10. The average molecular weight is 380 g/mol. The lowest BCUT2D eigenvalue weighted by atomic mass is 9.99. The zero-order valence-corrected chi connectivity index (χ0v) is 15.6. The van der Waals surface area contributed by atoms with Gasteiger partial charge in [0.15, 0.2) is 0 Å². The second-order valence-corrected chi connectivity index (χ2v) is 6.57. The van der Waals surface area contributed by atoms with E-state index in [9.17, 15) is 14.9 Å². The molecule has 0 aliphatic carbocycles. The molecule has 0 saturated carbocycles. The van der Waals surface area contributed by atoms with Crippen molar-refractivity contribution in [3.63, 3.8) is 0 Å². The van der Waals surface area contributed by atoms with Crippen LogP contribution in [0.4, 0.5) is 0 Å². The van der Waals surface area contributed by atoms with Crippen LogP contribution in [-0.2, 0) is 13.1 Å². The van der Waals surface area contributed by atoms with E-state index < -0.39 is 5.69 Å². The Labute approximate surface area is 161 Å². The Bertz CT molecular complexity index is 1120. The van der Waals surface area contributed by atoms with Gasteiger partial charge in [-0.05, 0) is 29.2 Å². The van der Waals surface area contributed by atoms with Crippen LogP contribution in [-0.4, -0.2) is 9.13 Å². The maximum atomic E-state index is 12.6. The molecule has 0 aliphatic rings. The maximum Gasteiger partial charge on any atom is 0.332 e. The van der Waals surface area contributed by atoms with E-state index in [1.807, 2.05) is 49.4 Å². The van der Waals surface area contributed by atoms with Crippen LogP contribution in [0.15, 0.2) is 64.2 Å². The monoisotopic (exact) mass is 379 g/mol. The molecule has 1 aromatic heterocycles. The second-order valence-electron chi connectivity index (χ2n) is 6.18. The molecule has 3 aromatic rings. The Morgan fingerprint density at radius 3 is 2.41 bits per heavy atom. The van der Waals surface area contributed by atoms with E-state index in [4.69, 9.17) is 11.6 Å². The van der Waals surface area contributed by atoms with Gasteiger partial charge in [-0.15, -0.1) is 0 Å². The number of nitrogens with zero attached hydrogens (tertiary/aromatic N) is 3. The summed E-state index contributed by atoms with van der Waals surface area (Å²) in [5.74, 6) is 0. The summed E-state index contributed by atoms with van der Waals surface area (Å²) in [5.41, 5.74) is 2.47. The van der Waals surface area contributed by atoms with Gasteiger partial charge in [0, 0.05) is 12.6 Å². The van der Waals surface area contributed by atoms with E-state index in [0.717, 1.165) is 16.7 Å². The summed E-state index contributed by atoms with van der Waals surface area (Å²) >= 11 is 6.14. The van der Waals surface area contributed by atoms with Crippen molar-refractivity contribution in [3.05, 3.63) is 91.7 Å². The van der Waals surface area contributed by atoms with Crippen LogP contribution < -0.4 is 11.2 Å². The van der Waals surface area contributed by atoms with Gasteiger partial charge < -0.3 is 0 Å². The summed E-state index contributed by atoms with van der Waals surface area (Å²) in [6.07, 6.45) is 0.684. The van der Waals surface area contributed by atoms with Gasteiger partial charge in [-0.2, -0.15) is 5.26 Å². The number of halogens is 1. The standard InChI is InChI=1S/C21H18ClN3O2/c1-2-11-24-20(26)12-19(22)25(21(24)27)14-15-7-9-16(10-8-15)18-6-4-3-5-17(18)13-23/h3-10,12H,2,11,14H2,1H3. The fourth-order valence-electron chi connectivity index (χ4n) is 2.97. The van der Waals surface area contributed by atoms with Gasteiger partial charge in [-0.3, -0.25) is 13.9 Å². The predicted molar refractivity (Wildman–Crippen MR) is 106 cm³/mol. The van der Waals surface area contributed by atoms with Crippen molar-refractivity contribution in [3.8, 4) is 17.2 Å². The van der Waals surface area contributed by atoms with Crippen molar-refractivity contribution in [2.24, 2.45) is 0 Å². The normalized spacial score (nSPS) is 10.6. The molecule has 0 atom stereocenters. The number of hydrogen-bond donors (Lipinski definition) is 0. The number of hydrogen-bond acceptors (Lipinski definition) is 3. The molecule has 0 amide bonds. The Morgan fingerprint density at radius 2 is 1.74 bits per heavy atom. The fourth-order valence-corrected chi connectivity index (χ4v) is 3.19. The third-order valence-electron chi connectivity index (χ3n) is 4.33. The summed E-state index contributed by atoms with van der Waals surface area (Å²) < 4.78 is 2.58. The van der Waals surface area contributed by atoms with Gasteiger partial charge in [0.05, 0.1) is 18.2 Å². The first-order valence-corrected chi connectivity index (χ1v) is 9.01. The highest BCUT2D eigenvalue weighted by Crippen LogP contribution is 2.23. The lowest BCUT2D eigenvalue weighted by Crippen LogP contribution is -2.39. The summed E-state index contributed by atoms with van der Waals surface area (Å²) in [6, 6.07) is 18.5. The number of nitriles is 1. The molecule has 5 nitrogen and oxygen atoms in total. The lowest BCUT2D eigenvalue weighted by molar-refractivity contribution is 0.566. The minimum atomic E-state index is -0.409. The van der Waals surface area contributed by atoms with Gasteiger partial charge >= 0.3 is 5.69 Å². The van der Waals surface area contributed by atoms with E-state index in [1.54, 1.807) is 6.07 Å². The van der Waals surface area contributed by atoms with Crippen molar-refractivity contribution in [1.29, 1.82) is 5.26 Å². The van der Waals surface area contributed by atoms with E-state index in [-0.39, 0.29) is 17.3 Å². The van der Waals surface area contributed by atoms with Crippen molar-refractivity contribution in [2.75, 3.05) is 0 Å². The molecule has 2 aromatic carbocycles. The van der Waals surface area contributed by atoms with Gasteiger partial charge in [-0.1, -0.05) is 61.0 Å². The molecule has 136 valence electrons. The molecule has 27 heavy (non-hydrogen) atoms. The number of rotatable bonds is 5. The molecule has 0 fully saturated rings. The maximum absolute atomic E-state index is 12.6. The highest BCUT2D eigenvalue weighted by molar-refractivity contribution is 6.29. The third kappa shape index (κ3) is 3.86. The zero-order chi connectivity index (χ0) is 19.4. The van der Waals surface area contributed by atoms with Crippen molar-refractivity contribution in [1.82, 2.24) is 9.13 Å². The smallest absolute Gasteiger partial charge is 0.279 e. The number of benzene rings is 2. The number of aromatic nitrogens is 2. The topological polar surface area (TPSA) is 67.8 Å². The molecule has 0 bridgehead atoms. The summed E-state index contributed by atoms with van der Waals surface area (Å²) in [4.78, 5) is 24.5. The molecule has 0 N–H and O–H groups in total. The highest BCUT2D eigenvalue weighted by Gasteiger charge is 2.11. The van der Waals surface area contributed by atoms with Crippen LogP contribution in [0.5, 0.6) is 0 Å². The summed E-state index contributed by atoms with van der Waals surface area (Å²) in [6.45, 7) is 2.53. The summed E-state index contributed by atoms with van der Waals surface area (Å²) in [7, 11) is 0. The second kappa shape index (κ2) is 8.07. The van der Waals surface area contributed by atoms with Gasteiger partial charge in [0.2, 0.25) is 0 Å². The Morgan fingerprint density at radius 1 is 1.04 bits per heavy atom. The zero-order valence-electron chi connectivity index (χ0n) is 14.9. The SMILES string of the molecule is CCCn1c(=O)cc(Cl)n(Cc2ccc(-c3ccccc3C#N)cc2)c1=O. The van der Waals surface area contributed by atoms with Crippen LogP contribution in [0.25, 0.3) is 11.1 Å². The molecular formula is C21H18ClN3O2. The van der Waals surface area contributed by atoms with E-state index in [1.165, 1.54) is 15.2 Å². The van der Waals surface area contributed by atoms with E-state index in [2.05, 4.69) is 6.07 Å². The molecular weight excluding hydrogens is 362 g/mol. The van der Waals surface area contributed by atoms with Crippen molar-refractivity contribution < 1.29 is 0 Å². The van der Waals surface area contributed by atoms with Crippen LogP contribution >= 0.6 is 11.6 Å². The molecule has 0 spiro atoms. The minimum absolute atomic E-state index is 0.122. The molecule has 1 heterocycles. The predicted octanol–water partition coefficient (Wildman–Crippen LogP) is 3.66. The fraction of sp³-hybridized carbons (Fsp3) is 0.190. The first-order chi connectivity index (χ1) is 13.0. The molecule has 6 heteroatoms. The minimum Gasteiger partial charge on any atom is -0.279 e. The molecule has 0 saturated heterocycles. The first-order valence-electron chi connectivity index (χ1n) is 8.63. The molecule has 3 rings (SSSR count). The highest BCUT2D eigenvalue weighted by atomic mass is 35.5. The van der Waals surface area contributed by atoms with Crippen molar-refractivity contribution >= 4 is 11.6 Å². The lowest BCUT2D eigenvalue weighted by Gasteiger charge is -2.12. The van der Waals surface area contributed by atoms with E-state index >= 15 is 0 Å². The summed E-state index contributed by atoms with van der Waals surface area (Å²) in [5, 5.41) is 9.37. The average Bonchev–Trinajstić information content (AvgIpc) is 2.69. The third-order valence-corrected chi connectivity index (χ3v) is 4.64. The molecule has 0 radical (unpaired) electrons. The van der Waals surface area contributed by atoms with Crippen LogP contribution in [0.3, 0.4) is 0 Å². The Kier molecular flexibility index (Phi) is 5.58. The largest absolute Gasteiger partial charge is 0.332 e. The van der Waals surface area contributed by atoms with E-state index in [0.29, 0.717) is 18.5 Å². The van der Waals surface area contributed by atoms with Gasteiger partial charge in [0.25, 0.3) is 5.56 Å². The quantitative estimate of drug-likeness (QED) is 0.635. The molecule has 0 unspecified atom stereocenters. The van der Waals surface area contributed by atoms with Crippen LogP contribution in [0, 0.1) is 11.3 Å². The Balaban J connectivity index is 1.94. The van der Waals surface area contributed by atoms with Crippen LogP contribution in [0.1, 0.15) is 24.5 Å². The molecule has 0 aliphatic heterocycles. The van der Waals surface area contributed by atoms with Crippen LogP contribution in [0.2, 0.25) is 5.15 Å².